The molecule has 1 aromatic heterocycles. The van der Waals surface area contributed by atoms with Gasteiger partial charge in [0.2, 0.25) is 0 Å². The number of nitrogens with one attached hydrogen (secondary N) is 1. The molecule has 0 radical (unpaired) electrons. The zero-order valence-electron chi connectivity index (χ0n) is 11.8. The van der Waals surface area contributed by atoms with Crippen LogP contribution >= 0.6 is 11.6 Å². The Bertz CT molecular complexity index is 580. The number of aromatic nitrogens is 2. The molecule has 0 bridgehead atoms. The minimum atomic E-state index is -0.366. The molecule has 0 amide bonds. The van der Waals surface area contributed by atoms with Crippen molar-refractivity contribution in [1.29, 1.82) is 0 Å². The molecule has 1 aromatic carbocycles. The molecule has 5 heteroatoms. The van der Waals surface area contributed by atoms with E-state index in [1.807, 2.05) is 13.1 Å². The maximum absolute atomic E-state index is 13.9. The first kappa shape index (κ1) is 15.0. The van der Waals surface area contributed by atoms with E-state index in [4.69, 9.17) is 11.6 Å². The van der Waals surface area contributed by atoms with Crippen molar-refractivity contribution in [3.8, 4) is 0 Å². The van der Waals surface area contributed by atoms with Crippen LogP contribution in [0.4, 0.5) is 4.39 Å². The molecule has 1 N–H and O–H groups in total. The first-order valence-corrected chi connectivity index (χ1v) is 7.16. The molecular formula is C15H19ClFN3. The highest BCUT2D eigenvalue weighted by molar-refractivity contribution is 6.30. The highest BCUT2D eigenvalue weighted by Crippen LogP contribution is 2.19. The predicted molar refractivity (Wildman–Crippen MR) is 79.5 cm³/mol. The summed E-state index contributed by atoms with van der Waals surface area (Å²) in [5, 5.41) is 7.82. The fourth-order valence-electron chi connectivity index (χ4n) is 2.05. The fourth-order valence-corrected chi connectivity index (χ4v) is 2.24. The molecule has 0 saturated heterocycles. The monoisotopic (exact) mass is 295 g/mol. The van der Waals surface area contributed by atoms with E-state index < -0.39 is 0 Å². The molecule has 1 heterocycles. The number of nitrogens with zero attached hydrogens (tertiary/aromatic N) is 2. The summed E-state index contributed by atoms with van der Waals surface area (Å²) < 4.78 is 15.7. The van der Waals surface area contributed by atoms with Crippen molar-refractivity contribution in [3.63, 3.8) is 0 Å². The number of rotatable bonds is 6. The number of hydrogen-bond acceptors (Lipinski definition) is 2. The lowest BCUT2D eigenvalue weighted by atomic mass is 10.2. The average Bonchev–Trinajstić information content (AvgIpc) is 2.77. The molecule has 108 valence electrons. The number of benzene rings is 1. The molecule has 2 rings (SSSR count). The van der Waals surface area contributed by atoms with Crippen LogP contribution in [-0.4, -0.2) is 16.3 Å². The summed E-state index contributed by atoms with van der Waals surface area (Å²) in [6.07, 6.45) is 2.93. The summed E-state index contributed by atoms with van der Waals surface area (Å²) in [7, 11) is 0. The molecule has 0 atom stereocenters. The van der Waals surface area contributed by atoms with Crippen LogP contribution in [-0.2, 0) is 13.1 Å². The zero-order valence-corrected chi connectivity index (χ0v) is 12.5. The lowest BCUT2D eigenvalue weighted by Gasteiger charge is -2.08. The summed E-state index contributed by atoms with van der Waals surface area (Å²) in [6.45, 7) is 6.29. The molecule has 0 spiro atoms. The van der Waals surface area contributed by atoms with Gasteiger partial charge in [0, 0.05) is 23.4 Å². The van der Waals surface area contributed by atoms with Gasteiger partial charge in [0.25, 0.3) is 0 Å². The lowest BCUT2D eigenvalue weighted by molar-refractivity contribution is 0.579. The van der Waals surface area contributed by atoms with Crippen molar-refractivity contribution in [2.45, 2.75) is 33.4 Å². The molecule has 0 aliphatic heterocycles. The molecule has 0 saturated carbocycles. The summed E-state index contributed by atoms with van der Waals surface area (Å²) in [5.41, 5.74) is 2.74. The predicted octanol–water partition coefficient (Wildman–Crippen LogP) is 3.53. The minimum absolute atomic E-state index is 0.150. The van der Waals surface area contributed by atoms with Crippen molar-refractivity contribution < 1.29 is 4.39 Å². The standard InChI is InChI=1S/C15H19ClFN3/c1-3-7-18-8-13-9-19-20(11(13)2)10-12-5-4-6-14(16)15(12)17/h4-6,9,18H,3,7-8,10H2,1-2H3. The quantitative estimate of drug-likeness (QED) is 0.826. The molecule has 0 fully saturated rings. The summed E-state index contributed by atoms with van der Waals surface area (Å²) >= 11 is 5.79. The van der Waals surface area contributed by atoms with E-state index >= 15 is 0 Å². The fraction of sp³-hybridized carbons (Fsp3) is 0.400. The Balaban J connectivity index is 2.12. The first-order chi connectivity index (χ1) is 9.63. The third-order valence-corrected chi connectivity index (χ3v) is 3.59. The summed E-state index contributed by atoms with van der Waals surface area (Å²) in [6, 6.07) is 5.04. The summed E-state index contributed by atoms with van der Waals surface area (Å²) in [5.74, 6) is -0.366. The van der Waals surface area contributed by atoms with Crippen molar-refractivity contribution in [2.24, 2.45) is 0 Å². The molecular weight excluding hydrogens is 277 g/mol. The molecule has 0 aliphatic rings. The lowest BCUT2D eigenvalue weighted by Crippen LogP contribution is -2.14. The Morgan fingerprint density at radius 3 is 2.90 bits per heavy atom. The van der Waals surface area contributed by atoms with E-state index in [-0.39, 0.29) is 10.8 Å². The first-order valence-electron chi connectivity index (χ1n) is 6.78. The summed E-state index contributed by atoms with van der Waals surface area (Å²) in [4.78, 5) is 0. The van der Waals surface area contributed by atoms with Crippen LogP contribution in [0.1, 0.15) is 30.2 Å². The van der Waals surface area contributed by atoms with Gasteiger partial charge in [0.15, 0.2) is 0 Å². The van der Waals surface area contributed by atoms with Crippen molar-refractivity contribution in [3.05, 3.63) is 52.1 Å². The van der Waals surface area contributed by atoms with Crippen molar-refractivity contribution >= 4 is 11.6 Å². The van der Waals surface area contributed by atoms with Gasteiger partial charge in [0.1, 0.15) is 5.82 Å². The smallest absolute Gasteiger partial charge is 0.146 e. The number of hydrogen-bond donors (Lipinski definition) is 1. The minimum Gasteiger partial charge on any atom is -0.313 e. The zero-order chi connectivity index (χ0) is 14.5. The second kappa shape index (κ2) is 6.86. The van der Waals surface area contributed by atoms with Gasteiger partial charge in [-0.1, -0.05) is 30.7 Å². The van der Waals surface area contributed by atoms with Crippen molar-refractivity contribution in [2.75, 3.05) is 6.54 Å². The van der Waals surface area contributed by atoms with E-state index in [1.54, 1.807) is 22.9 Å². The van der Waals surface area contributed by atoms with Crippen LogP contribution in [0, 0.1) is 12.7 Å². The second-order valence-corrected chi connectivity index (χ2v) is 5.21. The Morgan fingerprint density at radius 1 is 1.35 bits per heavy atom. The van der Waals surface area contributed by atoms with E-state index in [0.717, 1.165) is 30.8 Å². The van der Waals surface area contributed by atoms with Crippen LogP contribution in [0.25, 0.3) is 0 Å². The van der Waals surface area contributed by atoms with Gasteiger partial charge in [-0.3, -0.25) is 4.68 Å². The highest BCUT2D eigenvalue weighted by atomic mass is 35.5. The van der Waals surface area contributed by atoms with Gasteiger partial charge in [-0.2, -0.15) is 5.10 Å². The van der Waals surface area contributed by atoms with E-state index in [0.29, 0.717) is 12.1 Å². The SMILES string of the molecule is CCCNCc1cnn(Cc2cccc(Cl)c2F)c1C. The van der Waals surface area contributed by atoms with Gasteiger partial charge in [-0.25, -0.2) is 4.39 Å². The Hall–Kier alpha value is -1.39. The average molecular weight is 296 g/mol. The van der Waals surface area contributed by atoms with Gasteiger partial charge >= 0.3 is 0 Å². The maximum atomic E-state index is 13.9. The van der Waals surface area contributed by atoms with Gasteiger partial charge < -0.3 is 5.32 Å². The van der Waals surface area contributed by atoms with Crippen LogP contribution in [0.15, 0.2) is 24.4 Å². The van der Waals surface area contributed by atoms with Gasteiger partial charge in [-0.15, -0.1) is 0 Å². The van der Waals surface area contributed by atoms with Crippen LogP contribution < -0.4 is 5.32 Å². The van der Waals surface area contributed by atoms with Gasteiger partial charge in [0.05, 0.1) is 17.8 Å². The largest absolute Gasteiger partial charge is 0.313 e. The Labute approximate surface area is 123 Å². The van der Waals surface area contributed by atoms with Crippen LogP contribution in [0.5, 0.6) is 0 Å². The van der Waals surface area contributed by atoms with Crippen LogP contribution in [0.3, 0.4) is 0 Å². The molecule has 3 nitrogen and oxygen atoms in total. The van der Waals surface area contributed by atoms with Crippen molar-refractivity contribution in [1.82, 2.24) is 15.1 Å². The third kappa shape index (κ3) is 3.38. The van der Waals surface area contributed by atoms with E-state index in [9.17, 15) is 4.39 Å². The molecule has 2 aromatic rings. The topological polar surface area (TPSA) is 29.9 Å². The van der Waals surface area contributed by atoms with Gasteiger partial charge in [-0.05, 0) is 26.0 Å². The number of halogens is 2. The maximum Gasteiger partial charge on any atom is 0.146 e. The molecule has 0 aliphatic carbocycles. The van der Waals surface area contributed by atoms with Crippen LogP contribution in [0.2, 0.25) is 5.02 Å². The molecule has 20 heavy (non-hydrogen) atoms. The third-order valence-electron chi connectivity index (χ3n) is 3.30. The Morgan fingerprint density at radius 2 is 2.15 bits per heavy atom. The highest BCUT2D eigenvalue weighted by Gasteiger charge is 2.10. The molecule has 0 unspecified atom stereocenters. The second-order valence-electron chi connectivity index (χ2n) is 4.80. The van der Waals surface area contributed by atoms with E-state index in [1.165, 1.54) is 0 Å². The normalized spacial score (nSPS) is 11.0. The Kier molecular flexibility index (Phi) is 5.15. The van der Waals surface area contributed by atoms with E-state index in [2.05, 4.69) is 17.3 Å².